The van der Waals surface area contributed by atoms with Crippen LogP contribution in [0, 0.1) is 11.7 Å². The topological polar surface area (TPSA) is 44.8 Å². The second-order valence-electron chi connectivity index (χ2n) is 9.80. The lowest BCUT2D eigenvalue weighted by Gasteiger charge is -2.20. The Morgan fingerprint density at radius 3 is 2.08 bits per heavy atom. The van der Waals surface area contributed by atoms with Crippen molar-refractivity contribution in [1.82, 2.24) is 0 Å². The minimum Gasteiger partial charge on any atom is -0.494 e. The summed E-state index contributed by atoms with van der Waals surface area (Å²) in [5.41, 5.74) is 0.0431. The molecule has 200 valence electrons. The summed E-state index contributed by atoms with van der Waals surface area (Å²) in [6.45, 7) is 8.28. The van der Waals surface area contributed by atoms with E-state index in [2.05, 4.69) is 6.92 Å². The van der Waals surface area contributed by atoms with E-state index >= 15 is 0 Å². The van der Waals surface area contributed by atoms with Crippen LogP contribution in [0.5, 0.6) is 17.2 Å². The normalized spacial score (nSPS) is 12.9. The number of unbranched alkanes of at least 4 members (excludes halogenated alkanes) is 7. The van der Waals surface area contributed by atoms with Gasteiger partial charge >= 0.3 is 5.97 Å². The Kier molecular flexibility index (Phi) is 13.3. The molecule has 2 atom stereocenters. The Labute approximate surface area is 215 Å². The number of halogens is 2. The Hall–Kier alpha value is -2.63. The molecule has 6 heteroatoms. The second kappa shape index (κ2) is 16.2. The van der Waals surface area contributed by atoms with E-state index in [9.17, 15) is 13.6 Å². The summed E-state index contributed by atoms with van der Waals surface area (Å²) < 4.78 is 45.2. The number of alkyl halides is 1. The van der Waals surface area contributed by atoms with Gasteiger partial charge in [-0.3, -0.25) is 0 Å². The predicted molar refractivity (Wildman–Crippen MR) is 140 cm³/mol. The van der Waals surface area contributed by atoms with Crippen LogP contribution < -0.4 is 14.2 Å². The van der Waals surface area contributed by atoms with Gasteiger partial charge in [-0.2, -0.15) is 0 Å². The van der Waals surface area contributed by atoms with Gasteiger partial charge in [-0.1, -0.05) is 65.7 Å². The molecule has 4 nitrogen and oxygen atoms in total. The highest BCUT2D eigenvalue weighted by atomic mass is 19.1. The van der Waals surface area contributed by atoms with Crippen molar-refractivity contribution in [2.24, 2.45) is 5.92 Å². The molecule has 0 aliphatic heterocycles. The highest BCUT2D eigenvalue weighted by molar-refractivity contribution is 5.91. The standard InChI is InChI=1S/C30H42F2O4/c1-5-6-7-8-9-10-11-12-19-34-25-14-16-26(17-15-25)36-30(33)24-13-18-29(28(32)21-24)35-23(4)27(31)20-22(2)3/h13-18,21-23,27H,5-12,19-20H2,1-4H3/t23-,27+/m1/s1. The van der Waals surface area contributed by atoms with E-state index in [1.54, 1.807) is 31.2 Å². The summed E-state index contributed by atoms with van der Waals surface area (Å²) in [6.07, 6.45) is 8.27. The third-order valence-electron chi connectivity index (χ3n) is 5.99. The summed E-state index contributed by atoms with van der Waals surface area (Å²) in [7, 11) is 0. The molecule has 0 aliphatic carbocycles. The van der Waals surface area contributed by atoms with E-state index < -0.39 is 24.1 Å². The largest absolute Gasteiger partial charge is 0.494 e. The maximum absolute atomic E-state index is 14.5. The van der Waals surface area contributed by atoms with Crippen LogP contribution in [0.2, 0.25) is 0 Å². The lowest BCUT2D eigenvalue weighted by molar-refractivity contribution is 0.0733. The molecule has 0 radical (unpaired) electrons. The number of carbonyl (C=O) groups excluding carboxylic acids is 1. The molecule has 0 fully saturated rings. The van der Waals surface area contributed by atoms with Gasteiger partial charge in [0.15, 0.2) is 11.6 Å². The minimum atomic E-state index is -1.21. The lowest BCUT2D eigenvalue weighted by Crippen LogP contribution is -2.26. The zero-order chi connectivity index (χ0) is 26.3. The van der Waals surface area contributed by atoms with Crippen LogP contribution >= 0.6 is 0 Å². The van der Waals surface area contributed by atoms with Crippen molar-refractivity contribution in [1.29, 1.82) is 0 Å². The van der Waals surface area contributed by atoms with Crippen LogP contribution in [-0.4, -0.2) is 24.9 Å². The number of benzene rings is 2. The fourth-order valence-electron chi connectivity index (χ4n) is 3.84. The Morgan fingerprint density at radius 2 is 1.47 bits per heavy atom. The van der Waals surface area contributed by atoms with E-state index in [0.717, 1.165) is 18.9 Å². The monoisotopic (exact) mass is 504 g/mol. The first-order valence-corrected chi connectivity index (χ1v) is 13.4. The molecule has 2 rings (SSSR count). The molecule has 0 aromatic heterocycles. The molecule has 2 aromatic rings. The van der Waals surface area contributed by atoms with E-state index in [4.69, 9.17) is 14.2 Å². The first-order chi connectivity index (χ1) is 17.3. The number of esters is 1. The third-order valence-corrected chi connectivity index (χ3v) is 5.99. The van der Waals surface area contributed by atoms with Crippen LogP contribution in [-0.2, 0) is 0 Å². The van der Waals surface area contributed by atoms with Crippen LogP contribution in [0.1, 0.15) is 95.8 Å². The molecule has 0 unspecified atom stereocenters. The Bertz CT molecular complexity index is 898. The zero-order valence-corrected chi connectivity index (χ0v) is 22.2. The van der Waals surface area contributed by atoms with Gasteiger partial charge in [0.25, 0.3) is 0 Å². The van der Waals surface area contributed by atoms with E-state index in [-0.39, 0.29) is 17.2 Å². The molecule has 0 heterocycles. The summed E-state index contributed by atoms with van der Waals surface area (Å²) in [5.74, 6) is -0.306. The van der Waals surface area contributed by atoms with Crippen molar-refractivity contribution in [3.8, 4) is 17.2 Å². The fraction of sp³-hybridized carbons (Fsp3) is 0.567. The average Bonchev–Trinajstić information content (AvgIpc) is 2.84. The number of hydrogen-bond donors (Lipinski definition) is 0. The molecule has 2 aromatic carbocycles. The van der Waals surface area contributed by atoms with Gasteiger partial charge in [-0.25, -0.2) is 13.6 Å². The van der Waals surface area contributed by atoms with Crippen molar-refractivity contribution in [2.45, 2.75) is 97.8 Å². The quantitative estimate of drug-likeness (QED) is 0.123. The number of rotatable bonds is 17. The fourth-order valence-corrected chi connectivity index (χ4v) is 3.84. The molecule has 0 amide bonds. The van der Waals surface area contributed by atoms with Gasteiger partial charge in [0.2, 0.25) is 0 Å². The molecule has 0 aliphatic rings. The van der Waals surface area contributed by atoms with E-state index in [0.29, 0.717) is 24.5 Å². The smallest absolute Gasteiger partial charge is 0.343 e. The number of carbonyl (C=O) groups is 1. The van der Waals surface area contributed by atoms with Gasteiger partial charge in [-0.15, -0.1) is 0 Å². The van der Waals surface area contributed by atoms with Gasteiger partial charge in [0.1, 0.15) is 23.8 Å². The highest BCUT2D eigenvalue weighted by Crippen LogP contribution is 2.24. The molecule has 0 saturated carbocycles. The highest BCUT2D eigenvalue weighted by Gasteiger charge is 2.21. The van der Waals surface area contributed by atoms with E-state index in [1.165, 1.54) is 50.7 Å². The number of hydrogen-bond acceptors (Lipinski definition) is 4. The van der Waals surface area contributed by atoms with Crippen molar-refractivity contribution in [2.75, 3.05) is 6.61 Å². The van der Waals surface area contributed by atoms with Crippen LogP contribution in [0.15, 0.2) is 42.5 Å². The Balaban J connectivity index is 1.76. The predicted octanol–water partition coefficient (Wildman–Crippen LogP) is 8.72. The van der Waals surface area contributed by atoms with Crippen LogP contribution in [0.25, 0.3) is 0 Å². The Morgan fingerprint density at radius 1 is 0.861 bits per heavy atom. The average molecular weight is 505 g/mol. The van der Waals surface area contributed by atoms with Crippen molar-refractivity contribution in [3.63, 3.8) is 0 Å². The van der Waals surface area contributed by atoms with Gasteiger partial charge < -0.3 is 14.2 Å². The molecular formula is C30H42F2O4. The summed E-state index contributed by atoms with van der Waals surface area (Å²) >= 11 is 0. The van der Waals surface area contributed by atoms with Crippen molar-refractivity contribution in [3.05, 3.63) is 53.8 Å². The molecular weight excluding hydrogens is 462 g/mol. The summed E-state index contributed by atoms with van der Waals surface area (Å²) in [5, 5.41) is 0. The maximum Gasteiger partial charge on any atom is 0.343 e. The van der Waals surface area contributed by atoms with Crippen LogP contribution in [0.4, 0.5) is 8.78 Å². The van der Waals surface area contributed by atoms with Gasteiger partial charge in [0.05, 0.1) is 12.2 Å². The molecule has 0 N–H and O–H groups in total. The minimum absolute atomic E-state index is 0.0431. The summed E-state index contributed by atoms with van der Waals surface area (Å²) in [4.78, 5) is 12.4. The van der Waals surface area contributed by atoms with Gasteiger partial charge in [0, 0.05) is 0 Å². The molecule has 0 bridgehead atoms. The first-order valence-electron chi connectivity index (χ1n) is 13.4. The molecule has 36 heavy (non-hydrogen) atoms. The zero-order valence-electron chi connectivity index (χ0n) is 22.2. The van der Waals surface area contributed by atoms with Crippen molar-refractivity contribution >= 4 is 5.97 Å². The van der Waals surface area contributed by atoms with Crippen molar-refractivity contribution < 1.29 is 27.8 Å². The second-order valence-corrected chi connectivity index (χ2v) is 9.80. The SMILES string of the molecule is CCCCCCCCCCOc1ccc(OC(=O)c2ccc(O[C@H](C)[C@@H](F)CC(C)C)c(F)c2)cc1. The van der Waals surface area contributed by atoms with E-state index in [1.807, 2.05) is 13.8 Å². The first kappa shape index (κ1) is 29.6. The third kappa shape index (κ3) is 11.0. The number of ether oxygens (including phenoxy) is 3. The molecule has 0 saturated heterocycles. The lowest BCUT2D eigenvalue weighted by atomic mass is 10.0. The van der Waals surface area contributed by atoms with Crippen LogP contribution in [0.3, 0.4) is 0 Å². The van der Waals surface area contributed by atoms with Gasteiger partial charge in [-0.05, 0) is 68.1 Å². The molecule has 0 spiro atoms. The maximum atomic E-state index is 14.5. The summed E-state index contributed by atoms with van der Waals surface area (Å²) in [6, 6.07) is 10.6.